The van der Waals surface area contributed by atoms with Crippen LogP contribution in [-0.2, 0) is 15.1 Å². The molecule has 1 amide bonds. The SMILES string of the molecule is N#Cc1ccc(N2C3CC[C@H]2CN(C(=O)COC2(c4cncc(F)c4)CC2)C3)nc1. The molecule has 0 radical (unpaired) electrons. The summed E-state index contributed by atoms with van der Waals surface area (Å²) in [4.78, 5) is 25.4. The van der Waals surface area contributed by atoms with Gasteiger partial charge in [0.05, 0.1) is 17.4 Å². The normalized spacial score (nSPS) is 23.9. The Morgan fingerprint density at radius 2 is 2.00 bits per heavy atom. The van der Waals surface area contributed by atoms with Crippen molar-refractivity contribution in [1.82, 2.24) is 14.9 Å². The van der Waals surface area contributed by atoms with Gasteiger partial charge in [0, 0.05) is 43.1 Å². The van der Waals surface area contributed by atoms with Crippen LogP contribution in [0.2, 0.25) is 0 Å². The van der Waals surface area contributed by atoms with Gasteiger partial charge in [0.25, 0.3) is 0 Å². The first kappa shape index (κ1) is 18.9. The molecule has 2 bridgehead atoms. The van der Waals surface area contributed by atoms with Crippen molar-refractivity contribution in [2.24, 2.45) is 0 Å². The predicted molar refractivity (Wildman–Crippen MR) is 106 cm³/mol. The predicted octanol–water partition coefficient (Wildman–Crippen LogP) is 2.37. The topological polar surface area (TPSA) is 82.4 Å². The zero-order chi connectivity index (χ0) is 20.7. The van der Waals surface area contributed by atoms with E-state index in [1.54, 1.807) is 18.5 Å². The standard InChI is InChI=1S/C22H22FN5O2/c23-17-7-16(10-25-11-17)22(5-6-22)30-14-21(29)27-12-18-2-3-19(13-27)28(18)20-4-1-15(8-24)9-26-20/h1,4,7,9-11,18-19H,2-3,5-6,12-14H2/t18-,19?/m0/s1. The molecular formula is C22H22FN5O2. The van der Waals surface area contributed by atoms with Crippen LogP contribution in [0.4, 0.5) is 10.2 Å². The summed E-state index contributed by atoms with van der Waals surface area (Å²) in [5, 5.41) is 8.97. The third-order valence-corrected chi connectivity index (χ3v) is 6.38. The molecule has 0 aromatic carbocycles. The number of carbonyl (C=O) groups is 1. The second-order valence-electron chi connectivity index (χ2n) is 8.28. The largest absolute Gasteiger partial charge is 0.360 e. The van der Waals surface area contributed by atoms with Crippen molar-refractivity contribution in [3.63, 3.8) is 0 Å². The lowest BCUT2D eigenvalue weighted by Crippen LogP contribution is -2.56. The monoisotopic (exact) mass is 407 g/mol. The number of hydrogen-bond donors (Lipinski definition) is 0. The third kappa shape index (κ3) is 3.39. The van der Waals surface area contributed by atoms with Gasteiger partial charge in [-0.2, -0.15) is 5.26 Å². The number of carbonyl (C=O) groups excluding carboxylic acids is 1. The number of amides is 1. The number of likely N-dealkylation sites (tertiary alicyclic amines) is 1. The van der Waals surface area contributed by atoms with Gasteiger partial charge in [-0.1, -0.05) is 0 Å². The van der Waals surface area contributed by atoms with Gasteiger partial charge in [0.15, 0.2) is 0 Å². The first-order chi connectivity index (χ1) is 14.6. The second-order valence-corrected chi connectivity index (χ2v) is 8.28. The minimum Gasteiger partial charge on any atom is -0.360 e. The van der Waals surface area contributed by atoms with Crippen LogP contribution in [0.5, 0.6) is 0 Å². The average Bonchev–Trinajstić information content (AvgIpc) is 3.52. The Hall–Kier alpha value is -3.05. The molecule has 30 heavy (non-hydrogen) atoms. The Kier molecular flexibility index (Phi) is 4.63. The first-order valence-electron chi connectivity index (χ1n) is 10.3. The van der Waals surface area contributed by atoms with E-state index < -0.39 is 11.4 Å². The van der Waals surface area contributed by atoms with Crippen molar-refractivity contribution >= 4 is 11.7 Å². The van der Waals surface area contributed by atoms with E-state index in [9.17, 15) is 9.18 Å². The zero-order valence-corrected chi connectivity index (χ0v) is 16.5. The van der Waals surface area contributed by atoms with E-state index in [2.05, 4.69) is 20.9 Å². The Bertz CT molecular complexity index is 987. The molecular weight excluding hydrogens is 385 g/mol. The molecule has 2 aliphatic heterocycles. The molecule has 2 atom stereocenters. The number of aromatic nitrogens is 2. The maximum Gasteiger partial charge on any atom is 0.248 e. The quantitative estimate of drug-likeness (QED) is 0.757. The molecule has 3 aliphatic rings. The molecule has 154 valence electrons. The van der Waals surface area contributed by atoms with E-state index in [1.807, 2.05) is 11.0 Å². The molecule has 2 aromatic rings. The highest BCUT2D eigenvalue weighted by Crippen LogP contribution is 2.49. The van der Waals surface area contributed by atoms with E-state index in [0.29, 0.717) is 24.2 Å². The molecule has 0 N–H and O–H groups in total. The number of nitrogens with zero attached hydrogens (tertiary/aromatic N) is 5. The summed E-state index contributed by atoms with van der Waals surface area (Å²) in [7, 11) is 0. The van der Waals surface area contributed by atoms with Gasteiger partial charge in [-0.15, -0.1) is 0 Å². The van der Waals surface area contributed by atoms with Gasteiger partial charge >= 0.3 is 0 Å². The van der Waals surface area contributed by atoms with Crippen molar-refractivity contribution in [2.45, 2.75) is 43.4 Å². The Balaban J connectivity index is 1.22. The molecule has 1 aliphatic carbocycles. The highest BCUT2D eigenvalue weighted by molar-refractivity contribution is 5.78. The molecule has 1 unspecified atom stereocenters. The van der Waals surface area contributed by atoms with Crippen LogP contribution in [0.1, 0.15) is 36.8 Å². The maximum absolute atomic E-state index is 13.5. The number of nitriles is 1. The summed E-state index contributed by atoms with van der Waals surface area (Å²) in [6.07, 6.45) is 7.94. The van der Waals surface area contributed by atoms with Gasteiger partial charge in [-0.05, 0) is 43.9 Å². The van der Waals surface area contributed by atoms with Crippen LogP contribution in [0.25, 0.3) is 0 Å². The van der Waals surface area contributed by atoms with Crippen molar-refractivity contribution in [3.05, 3.63) is 53.7 Å². The molecule has 0 spiro atoms. The van der Waals surface area contributed by atoms with E-state index in [-0.39, 0.29) is 24.6 Å². The van der Waals surface area contributed by atoms with Crippen LogP contribution in [0.3, 0.4) is 0 Å². The fraction of sp³-hybridized carbons (Fsp3) is 0.455. The molecule has 8 heteroatoms. The van der Waals surface area contributed by atoms with Gasteiger partial charge in [0.2, 0.25) is 5.91 Å². The van der Waals surface area contributed by atoms with E-state index in [4.69, 9.17) is 10.00 Å². The average molecular weight is 407 g/mol. The lowest BCUT2D eigenvalue weighted by atomic mass is 10.1. The zero-order valence-electron chi connectivity index (χ0n) is 16.5. The molecule has 7 nitrogen and oxygen atoms in total. The van der Waals surface area contributed by atoms with Gasteiger partial charge in [0.1, 0.15) is 24.3 Å². The van der Waals surface area contributed by atoms with Gasteiger partial charge < -0.3 is 14.5 Å². The minimum atomic E-state index is -0.571. The summed E-state index contributed by atoms with van der Waals surface area (Å²) in [5.74, 6) is 0.438. The fourth-order valence-electron chi connectivity index (χ4n) is 4.67. The summed E-state index contributed by atoms with van der Waals surface area (Å²) in [6.45, 7) is 1.26. The number of rotatable bonds is 5. The number of ether oxygens (including phenoxy) is 1. The smallest absolute Gasteiger partial charge is 0.248 e. The van der Waals surface area contributed by atoms with E-state index in [0.717, 1.165) is 31.5 Å². The molecule has 2 aromatic heterocycles. The van der Waals surface area contributed by atoms with Crippen LogP contribution < -0.4 is 4.90 Å². The van der Waals surface area contributed by atoms with Crippen LogP contribution in [-0.4, -0.2) is 52.6 Å². The number of anilines is 1. The molecule has 3 fully saturated rings. The molecule has 5 rings (SSSR count). The number of halogens is 1. The molecule has 4 heterocycles. The number of piperazine rings is 1. The lowest BCUT2D eigenvalue weighted by Gasteiger charge is -2.41. The highest BCUT2D eigenvalue weighted by Gasteiger charge is 2.47. The van der Waals surface area contributed by atoms with E-state index >= 15 is 0 Å². The number of fused-ring (bicyclic) bond motifs is 2. The fourth-order valence-corrected chi connectivity index (χ4v) is 4.67. The van der Waals surface area contributed by atoms with Crippen LogP contribution in [0.15, 0.2) is 36.8 Å². The second kappa shape index (κ2) is 7.33. The molecule has 2 saturated heterocycles. The van der Waals surface area contributed by atoms with Gasteiger partial charge in [-0.25, -0.2) is 9.37 Å². The van der Waals surface area contributed by atoms with Crippen LogP contribution in [0, 0.1) is 17.1 Å². The Morgan fingerprint density at radius 3 is 2.60 bits per heavy atom. The maximum atomic E-state index is 13.5. The van der Waals surface area contributed by atoms with Crippen molar-refractivity contribution in [3.8, 4) is 6.07 Å². The molecule has 1 saturated carbocycles. The van der Waals surface area contributed by atoms with Crippen LogP contribution >= 0.6 is 0 Å². The minimum absolute atomic E-state index is 0.00886. The van der Waals surface area contributed by atoms with Gasteiger partial charge in [-0.3, -0.25) is 9.78 Å². The Morgan fingerprint density at radius 1 is 1.23 bits per heavy atom. The lowest BCUT2D eigenvalue weighted by molar-refractivity contribution is -0.140. The van der Waals surface area contributed by atoms with E-state index in [1.165, 1.54) is 12.3 Å². The highest BCUT2D eigenvalue weighted by atomic mass is 19.1. The number of hydrogen-bond acceptors (Lipinski definition) is 6. The summed E-state index contributed by atoms with van der Waals surface area (Å²) >= 11 is 0. The van der Waals surface area contributed by atoms with Crippen molar-refractivity contribution < 1.29 is 13.9 Å². The summed E-state index contributed by atoms with van der Waals surface area (Å²) in [6, 6.07) is 7.63. The Labute approximate surface area is 174 Å². The van der Waals surface area contributed by atoms with Crippen molar-refractivity contribution in [2.75, 3.05) is 24.6 Å². The third-order valence-electron chi connectivity index (χ3n) is 6.38. The first-order valence-corrected chi connectivity index (χ1v) is 10.3. The number of pyridine rings is 2. The summed E-state index contributed by atoms with van der Waals surface area (Å²) < 4.78 is 19.5. The summed E-state index contributed by atoms with van der Waals surface area (Å²) in [5.41, 5.74) is 0.671. The van der Waals surface area contributed by atoms with Crippen molar-refractivity contribution in [1.29, 1.82) is 5.26 Å².